The standard InChI is InChI=1S/C18H23Cl2N3O2/c1-11(24)22-7-5-17(15-8-13(19)9-16(20)18(15)22)23(12(2)25)14-4-3-6-21-10-14/h8-9,14,17,21H,3-7,10H2,1-2H3/t14-,17?/m0/s1. The Hall–Kier alpha value is -1.30. The summed E-state index contributed by atoms with van der Waals surface area (Å²) in [5, 5.41) is 4.34. The van der Waals surface area contributed by atoms with E-state index in [-0.39, 0.29) is 23.9 Å². The molecule has 2 aliphatic rings. The lowest BCUT2D eigenvalue weighted by Gasteiger charge is -2.44. The number of anilines is 1. The molecule has 25 heavy (non-hydrogen) atoms. The third-order valence-corrected chi connectivity index (χ3v) is 5.56. The second-order valence-electron chi connectivity index (χ2n) is 6.73. The average molecular weight is 384 g/mol. The Morgan fingerprint density at radius 1 is 1.24 bits per heavy atom. The van der Waals surface area contributed by atoms with Gasteiger partial charge in [-0.1, -0.05) is 23.2 Å². The minimum Gasteiger partial charge on any atom is -0.331 e. The SMILES string of the molecule is CC(=O)N1CCC(N(C(C)=O)[C@H]2CCCNC2)c2cc(Cl)cc(Cl)c21. The second-order valence-corrected chi connectivity index (χ2v) is 7.57. The van der Waals surface area contributed by atoms with Crippen molar-refractivity contribution in [1.29, 1.82) is 0 Å². The van der Waals surface area contributed by atoms with Gasteiger partial charge in [-0.15, -0.1) is 0 Å². The summed E-state index contributed by atoms with van der Waals surface area (Å²) < 4.78 is 0. The van der Waals surface area contributed by atoms with Crippen LogP contribution in [0, 0.1) is 0 Å². The third-order valence-electron chi connectivity index (χ3n) is 5.06. The predicted octanol–water partition coefficient (Wildman–Crippen LogP) is 3.39. The maximum atomic E-state index is 12.5. The van der Waals surface area contributed by atoms with Gasteiger partial charge in [-0.3, -0.25) is 9.59 Å². The third kappa shape index (κ3) is 3.64. The molecule has 3 rings (SSSR count). The van der Waals surface area contributed by atoms with Crippen molar-refractivity contribution in [3.63, 3.8) is 0 Å². The van der Waals surface area contributed by atoms with Crippen molar-refractivity contribution < 1.29 is 9.59 Å². The normalized spacial score (nSPS) is 23.1. The van der Waals surface area contributed by atoms with Gasteiger partial charge in [0.1, 0.15) is 0 Å². The lowest BCUT2D eigenvalue weighted by Crippen LogP contribution is -2.51. The highest BCUT2D eigenvalue weighted by Gasteiger charge is 2.37. The number of hydrogen-bond donors (Lipinski definition) is 1. The van der Waals surface area contributed by atoms with Crippen LogP contribution in [0.25, 0.3) is 0 Å². The zero-order valence-corrected chi connectivity index (χ0v) is 16.0. The molecule has 2 atom stereocenters. The topological polar surface area (TPSA) is 52.7 Å². The first-order valence-electron chi connectivity index (χ1n) is 8.66. The molecule has 0 bridgehead atoms. The molecule has 5 nitrogen and oxygen atoms in total. The fourth-order valence-corrected chi connectivity index (χ4v) is 4.66. The molecule has 136 valence electrons. The van der Waals surface area contributed by atoms with Gasteiger partial charge in [-0.25, -0.2) is 0 Å². The van der Waals surface area contributed by atoms with Gasteiger partial charge in [0.05, 0.1) is 16.8 Å². The van der Waals surface area contributed by atoms with Crippen LogP contribution in [-0.2, 0) is 9.59 Å². The molecule has 1 aromatic rings. The molecule has 0 radical (unpaired) electrons. The van der Waals surface area contributed by atoms with Crippen LogP contribution in [0.1, 0.15) is 44.7 Å². The number of hydrogen-bond acceptors (Lipinski definition) is 3. The van der Waals surface area contributed by atoms with Gasteiger partial charge in [0.2, 0.25) is 11.8 Å². The zero-order valence-electron chi connectivity index (χ0n) is 14.5. The Kier molecular flexibility index (Phi) is 5.56. The molecule has 1 saturated heterocycles. The Bertz CT molecular complexity index is 689. The van der Waals surface area contributed by atoms with E-state index in [1.807, 2.05) is 11.0 Å². The van der Waals surface area contributed by atoms with E-state index in [0.717, 1.165) is 31.5 Å². The molecule has 2 heterocycles. The van der Waals surface area contributed by atoms with Crippen LogP contribution in [0.3, 0.4) is 0 Å². The summed E-state index contributed by atoms with van der Waals surface area (Å²) in [6, 6.07) is 3.52. The molecule has 0 spiro atoms. The molecule has 1 fully saturated rings. The first-order valence-corrected chi connectivity index (χ1v) is 9.42. The number of nitrogens with zero attached hydrogens (tertiary/aromatic N) is 2. The molecule has 0 aliphatic carbocycles. The molecule has 1 N–H and O–H groups in total. The van der Waals surface area contributed by atoms with Crippen LogP contribution in [0.5, 0.6) is 0 Å². The smallest absolute Gasteiger partial charge is 0.223 e. The van der Waals surface area contributed by atoms with Crippen molar-refractivity contribution in [1.82, 2.24) is 10.2 Å². The maximum absolute atomic E-state index is 12.5. The van der Waals surface area contributed by atoms with E-state index in [0.29, 0.717) is 28.7 Å². The van der Waals surface area contributed by atoms with E-state index in [9.17, 15) is 9.59 Å². The van der Waals surface area contributed by atoms with Gasteiger partial charge < -0.3 is 15.1 Å². The molecule has 0 aromatic heterocycles. The Morgan fingerprint density at radius 2 is 2.00 bits per heavy atom. The van der Waals surface area contributed by atoms with Crippen molar-refractivity contribution >= 4 is 40.7 Å². The highest BCUT2D eigenvalue weighted by atomic mass is 35.5. The van der Waals surface area contributed by atoms with Crippen molar-refractivity contribution in [2.24, 2.45) is 0 Å². The van der Waals surface area contributed by atoms with E-state index in [2.05, 4.69) is 5.32 Å². The second kappa shape index (κ2) is 7.52. The monoisotopic (exact) mass is 383 g/mol. The van der Waals surface area contributed by atoms with Crippen LogP contribution in [0.15, 0.2) is 12.1 Å². The lowest BCUT2D eigenvalue weighted by atomic mass is 9.92. The van der Waals surface area contributed by atoms with Crippen LogP contribution in [0.4, 0.5) is 5.69 Å². The maximum Gasteiger partial charge on any atom is 0.223 e. The van der Waals surface area contributed by atoms with Crippen molar-refractivity contribution in [3.8, 4) is 0 Å². The summed E-state index contributed by atoms with van der Waals surface area (Å²) in [7, 11) is 0. The molecule has 1 unspecified atom stereocenters. The molecular weight excluding hydrogens is 361 g/mol. The summed E-state index contributed by atoms with van der Waals surface area (Å²) in [4.78, 5) is 28.2. The molecule has 2 amide bonds. The van der Waals surface area contributed by atoms with E-state index in [1.54, 1.807) is 17.9 Å². The minimum absolute atomic E-state index is 0.0389. The molecule has 1 aromatic carbocycles. The number of piperidine rings is 1. The van der Waals surface area contributed by atoms with Gasteiger partial charge in [0.25, 0.3) is 0 Å². The molecule has 0 saturated carbocycles. The Balaban J connectivity index is 2.06. The number of rotatable bonds is 2. The van der Waals surface area contributed by atoms with Gasteiger partial charge in [0, 0.05) is 43.6 Å². The molecule has 2 aliphatic heterocycles. The van der Waals surface area contributed by atoms with Gasteiger partial charge in [0.15, 0.2) is 0 Å². The fourth-order valence-electron chi connectivity index (χ4n) is 4.05. The summed E-state index contributed by atoms with van der Waals surface area (Å²) in [5.74, 6) is -0.0188. The number of fused-ring (bicyclic) bond motifs is 1. The van der Waals surface area contributed by atoms with Gasteiger partial charge >= 0.3 is 0 Å². The number of carbonyl (C=O) groups is 2. The fraction of sp³-hybridized carbons (Fsp3) is 0.556. The van der Waals surface area contributed by atoms with Crippen molar-refractivity contribution in [2.75, 3.05) is 24.5 Å². The minimum atomic E-state index is -0.121. The van der Waals surface area contributed by atoms with Crippen molar-refractivity contribution in [3.05, 3.63) is 27.7 Å². The summed E-state index contributed by atoms with van der Waals surface area (Å²) in [6.45, 7) is 5.45. The van der Waals surface area contributed by atoms with E-state index in [4.69, 9.17) is 23.2 Å². The largest absolute Gasteiger partial charge is 0.331 e. The van der Waals surface area contributed by atoms with Crippen LogP contribution in [0.2, 0.25) is 10.0 Å². The summed E-state index contributed by atoms with van der Waals surface area (Å²) in [6.07, 6.45) is 2.70. The Labute approximate surface area is 158 Å². The van der Waals surface area contributed by atoms with Crippen LogP contribution < -0.4 is 10.2 Å². The number of benzene rings is 1. The van der Waals surface area contributed by atoms with E-state index < -0.39 is 0 Å². The number of nitrogens with one attached hydrogen (secondary N) is 1. The van der Waals surface area contributed by atoms with Crippen LogP contribution in [-0.4, -0.2) is 42.4 Å². The van der Waals surface area contributed by atoms with Gasteiger partial charge in [-0.05, 0) is 37.9 Å². The first-order chi connectivity index (χ1) is 11.9. The molecule has 7 heteroatoms. The lowest BCUT2D eigenvalue weighted by molar-refractivity contribution is -0.134. The number of amides is 2. The average Bonchev–Trinajstić information content (AvgIpc) is 2.55. The number of halogens is 2. The van der Waals surface area contributed by atoms with Gasteiger partial charge in [-0.2, -0.15) is 0 Å². The quantitative estimate of drug-likeness (QED) is 0.851. The Morgan fingerprint density at radius 3 is 2.60 bits per heavy atom. The van der Waals surface area contributed by atoms with E-state index in [1.165, 1.54) is 6.92 Å². The van der Waals surface area contributed by atoms with Crippen LogP contribution >= 0.6 is 23.2 Å². The first kappa shape index (κ1) is 18.5. The summed E-state index contributed by atoms with van der Waals surface area (Å²) >= 11 is 12.7. The predicted molar refractivity (Wildman–Crippen MR) is 100 cm³/mol. The molecular formula is C18H23Cl2N3O2. The zero-order chi connectivity index (χ0) is 18.1. The highest BCUT2D eigenvalue weighted by molar-refractivity contribution is 6.37. The number of carbonyl (C=O) groups excluding carboxylic acids is 2. The van der Waals surface area contributed by atoms with E-state index >= 15 is 0 Å². The van der Waals surface area contributed by atoms with Crippen molar-refractivity contribution in [2.45, 2.75) is 45.2 Å². The summed E-state index contributed by atoms with van der Waals surface area (Å²) in [5.41, 5.74) is 1.55. The highest BCUT2D eigenvalue weighted by Crippen LogP contribution is 2.44.